The van der Waals surface area contributed by atoms with Gasteiger partial charge in [0.25, 0.3) is 0 Å². The number of hydrogen-bond acceptors (Lipinski definition) is 6. The Morgan fingerprint density at radius 3 is 2.42 bits per heavy atom. The third kappa shape index (κ3) is 2.29. The number of fused-ring (bicyclic) bond motifs is 1. The van der Waals surface area contributed by atoms with Gasteiger partial charge in [-0.3, -0.25) is 0 Å². The highest BCUT2D eigenvalue weighted by Gasteiger charge is 2.53. The van der Waals surface area contributed by atoms with Crippen LogP contribution in [0.25, 0.3) is 0 Å². The Labute approximate surface area is 110 Å². The molecule has 0 bridgehead atoms. The van der Waals surface area contributed by atoms with Gasteiger partial charge in [0.2, 0.25) is 0 Å². The molecular formula is C12H15BO6. The molecule has 1 aromatic carbocycles. The number of rotatable bonds is 2. The molecule has 0 amide bonds. The molecule has 5 atom stereocenters. The highest BCUT2D eigenvalue weighted by molar-refractivity contribution is 6.61. The van der Waals surface area contributed by atoms with Crippen LogP contribution in [0.15, 0.2) is 30.3 Å². The van der Waals surface area contributed by atoms with Crippen LogP contribution in [0.1, 0.15) is 0 Å². The zero-order valence-electron chi connectivity index (χ0n) is 10.1. The Balaban J connectivity index is 1.81. The van der Waals surface area contributed by atoms with Crippen LogP contribution in [-0.4, -0.2) is 59.8 Å². The Bertz CT molecular complexity index is 423. The molecule has 2 aliphatic heterocycles. The lowest BCUT2D eigenvalue weighted by atomic mass is 9.79. The van der Waals surface area contributed by atoms with E-state index in [1.807, 2.05) is 30.3 Å². The molecule has 0 radical (unpaired) electrons. The lowest BCUT2D eigenvalue weighted by Gasteiger charge is -2.37. The summed E-state index contributed by atoms with van der Waals surface area (Å²) in [6.07, 6.45) is -4.60. The second kappa shape index (κ2) is 5.20. The van der Waals surface area contributed by atoms with Crippen molar-refractivity contribution in [2.45, 2.75) is 30.7 Å². The molecule has 3 N–H and O–H groups in total. The van der Waals surface area contributed by atoms with E-state index in [1.54, 1.807) is 0 Å². The molecule has 2 heterocycles. The maximum absolute atomic E-state index is 9.86. The van der Waals surface area contributed by atoms with Crippen LogP contribution in [0.2, 0.25) is 0 Å². The van der Waals surface area contributed by atoms with E-state index in [0.29, 0.717) is 0 Å². The highest BCUT2D eigenvalue weighted by Crippen LogP contribution is 2.30. The first-order valence-corrected chi connectivity index (χ1v) is 6.19. The smallest absolute Gasteiger partial charge is 0.399 e. The summed E-state index contributed by atoms with van der Waals surface area (Å²) in [6.45, 7) is -0.310. The largest absolute Gasteiger partial charge is 0.494 e. The van der Waals surface area contributed by atoms with E-state index in [1.165, 1.54) is 0 Å². The fourth-order valence-electron chi connectivity index (χ4n) is 2.46. The van der Waals surface area contributed by atoms with E-state index in [0.717, 1.165) is 5.46 Å². The topological polar surface area (TPSA) is 88.4 Å². The number of aliphatic hydroxyl groups excluding tert-OH is 3. The first-order chi connectivity index (χ1) is 9.20. The molecule has 0 aliphatic carbocycles. The van der Waals surface area contributed by atoms with Gasteiger partial charge in [-0.25, -0.2) is 0 Å². The second-order valence-corrected chi connectivity index (χ2v) is 4.68. The molecule has 102 valence electrons. The zero-order valence-corrected chi connectivity index (χ0v) is 10.1. The van der Waals surface area contributed by atoms with Gasteiger partial charge in [0.15, 0.2) is 6.29 Å². The maximum Gasteiger partial charge on any atom is 0.494 e. The fourth-order valence-corrected chi connectivity index (χ4v) is 2.46. The van der Waals surface area contributed by atoms with Crippen molar-refractivity contribution in [3.05, 3.63) is 30.3 Å². The van der Waals surface area contributed by atoms with Crippen molar-refractivity contribution in [3.63, 3.8) is 0 Å². The van der Waals surface area contributed by atoms with Crippen molar-refractivity contribution in [2.24, 2.45) is 0 Å². The lowest BCUT2D eigenvalue weighted by molar-refractivity contribution is -0.264. The Morgan fingerprint density at radius 2 is 1.74 bits per heavy atom. The van der Waals surface area contributed by atoms with Gasteiger partial charge in [0, 0.05) is 0 Å². The van der Waals surface area contributed by atoms with Gasteiger partial charge in [-0.05, 0) is 5.46 Å². The maximum atomic E-state index is 9.86. The minimum Gasteiger partial charge on any atom is -0.399 e. The number of hydrogen-bond donors (Lipinski definition) is 3. The molecule has 19 heavy (non-hydrogen) atoms. The Hall–Kier alpha value is -0.955. The molecule has 7 heteroatoms. The van der Waals surface area contributed by atoms with Gasteiger partial charge < -0.3 is 29.4 Å². The number of benzene rings is 1. The van der Waals surface area contributed by atoms with Crippen LogP contribution >= 0.6 is 0 Å². The molecule has 2 aliphatic rings. The summed E-state index contributed by atoms with van der Waals surface area (Å²) in [5.41, 5.74) is 0.815. The van der Waals surface area contributed by atoms with Gasteiger partial charge in [-0.15, -0.1) is 0 Å². The summed E-state index contributed by atoms with van der Waals surface area (Å²) in [4.78, 5) is 0. The molecule has 0 spiro atoms. The summed E-state index contributed by atoms with van der Waals surface area (Å²) in [7, 11) is -0.631. The fraction of sp³-hybridized carbons (Fsp3) is 0.500. The second-order valence-electron chi connectivity index (χ2n) is 4.68. The minimum atomic E-state index is -1.38. The average molecular weight is 266 g/mol. The van der Waals surface area contributed by atoms with Gasteiger partial charge >= 0.3 is 7.12 Å². The predicted octanol–water partition coefficient (Wildman–Crippen LogP) is -1.76. The van der Waals surface area contributed by atoms with Crippen molar-refractivity contribution in [1.29, 1.82) is 0 Å². The van der Waals surface area contributed by atoms with E-state index in [2.05, 4.69) is 0 Å². The Morgan fingerprint density at radius 1 is 1.05 bits per heavy atom. The summed E-state index contributed by atoms with van der Waals surface area (Å²) >= 11 is 0. The van der Waals surface area contributed by atoms with Crippen molar-refractivity contribution in [2.75, 3.05) is 6.61 Å². The van der Waals surface area contributed by atoms with Crippen molar-refractivity contribution < 1.29 is 29.4 Å². The van der Waals surface area contributed by atoms with Crippen LogP contribution in [0.4, 0.5) is 0 Å². The SMILES string of the molecule is OC[C@H]1O[C@@H](O)[C@H](O)[C@H]2OB(c3ccccc3)O[C@H]21. The van der Waals surface area contributed by atoms with Crippen LogP contribution in [0.5, 0.6) is 0 Å². The van der Waals surface area contributed by atoms with E-state index in [-0.39, 0.29) is 6.61 Å². The molecule has 0 saturated carbocycles. The van der Waals surface area contributed by atoms with E-state index in [4.69, 9.17) is 14.0 Å². The number of aliphatic hydroxyl groups is 3. The van der Waals surface area contributed by atoms with Crippen LogP contribution in [0, 0.1) is 0 Å². The molecule has 2 fully saturated rings. The molecule has 1 aromatic rings. The van der Waals surface area contributed by atoms with E-state index < -0.39 is 37.8 Å². The molecular weight excluding hydrogens is 251 g/mol. The monoisotopic (exact) mass is 266 g/mol. The van der Waals surface area contributed by atoms with Gasteiger partial charge in [0.05, 0.1) is 12.7 Å². The number of ether oxygens (including phenoxy) is 1. The third-order valence-electron chi connectivity index (χ3n) is 3.45. The summed E-state index contributed by atoms with van der Waals surface area (Å²) in [6, 6.07) is 9.29. The lowest BCUT2D eigenvalue weighted by Crippen LogP contribution is -2.57. The van der Waals surface area contributed by atoms with Crippen LogP contribution < -0.4 is 5.46 Å². The summed E-state index contributed by atoms with van der Waals surface area (Å²) in [5.74, 6) is 0. The third-order valence-corrected chi connectivity index (χ3v) is 3.45. The predicted molar refractivity (Wildman–Crippen MR) is 65.5 cm³/mol. The van der Waals surface area contributed by atoms with Gasteiger partial charge in [0.1, 0.15) is 18.3 Å². The van der Waals surface area contributed by atoms with Crippen LogP contribution in [-0.2, 0) is 14.0 Å². The molecule has 3 rings (SSSR count). The van der Waals surface area contributed by atoms with Crippen molar-refractivity contribution in [1.82, 2.24) is 0 Å². The summed E-state index contributed by atoms with van der Waals surface area (Å²) in [5, 5.41) is 28.7. The molecule has 0 aromatic heterocycles. The molecule has 6 nitrogen and oxygen atoms in total. The molecule has 2 saturated heterocycles. The van der Waals surface area contributed by atoms with Crippen molar-refractivity contribution >= 4 is 12.6 Å². The first-order valence-electron chi connectivity index (χ1n) is 6.19. The standard InChI is InChI=1S/C12H15BO6/c14-6-8-10-11(9(15)12(16)17-8)19-13(18-10)7-4-2-1-3-5-7/h1-5,8-12,14-16H,6H2/t8-,9-,10+,11-,12-/m1/s1. The van der Waals surface area contributed by atoms with E-state index >= 15 is 0 Å². The normalized spacial score (nSPS) is 38.3. The van der Waals surface area contributed by atoms with E-state index in [9.17, 15) is 15.3 Å². The van der Waals surface area contributed by atoms with Gasteiger partial charge in [-0.1, -0.05) is 30.3 Å². The zero-order chi connectivity index (χ0) is 13.4. The minimum absolute atomic E-state index is 0.310. The molecule has 0 unspecified atom stereocenters. The van der Waals surface area contributed by atoms with Crippen LogP contribution in [0.3, 0.4) is 0 Å². The first kappa shape index (κ1) is 13.0. The quantitative estimate of drug-likeness (QED) is 0.549. The Kier molecular flexibility index (Phi) is 3.57. The summed E-state index contributed by atoms with van der Waals surface area (Å²) < 4.78 is 16.4. The van der Waals surface area contributed by atoms with Gasteiger partial charge in [-0.2, -0.15) is 0 Å². The average Bonchev–Trinajstić information content (AvgIpc) is 2.89. The highest BCUT2D eigenvalue weighted by atomic mass is 16.7. The van der Waals surface area contributed by atoms with Crippen molar-refractivity contribution in [3.8, 4) is 0 Å².